The number of para-hydroxylation sites is 1. The maximum absolute atomic E-state index is 9.18. The minimum absolute atomic E-state index is 0.669. The second kappa shape index (κ2) is 12.5. The lowest BCUT2D eigenvalue weighted by molar-refractivity contribution is 1.18. The van der Waals surface area contributed by atoms with E-state index < -0.39 is 0 Å². The molecule has 10 aromatic rings. The Bertz CT molecular complexity index is 3030. The highest BCUT2D eigenvalue weighted by atomic mass is 15.0. The van der Waals surface area contributed by atoms with E-state index in [1.807, 2.05) is 24.3 Å². The average Bonchev–Trinajstić information content (AvgIpc) is 3.57. The molecular formula is C51H32N2. The summed E-state index contributed by atoms with van der Waals surface area (Å²) in [6, 6.07) is 71.8. The predicted molar refractivity (Wildman–Crippen MR) is 222 cm³/mol. The number of rotatable bonds is 5. The van der Waals surface area contributed by atoms with Crippen molar-refractivity contribution in [2.24, 2.45) is 0 Å². The molecule has 9 aromatic carbocycles. The van der Waals surface area contributed by atoms with E-state index in [0.717, 1.165) is 16.8 Å². The van der Waals surface area contributed by atoms with E-state index in [0.29, 0.717) is 5.56 Å². The van der Waals surface area contributed by atoms with Gasteiger partial charge < -0.3 is 4.57 Å². The van der Waals surface area contributed by atoms with Crippen molar-refractivity contribution in [3.63, 3.8) is 0 Å². The Morgan fingerprint density at radius 2 is 0.736 bits per heavy atom. The van der Waals surface area contributed by atoms with E-state index in [9.17, 15) is 5.26 Å². The minimum Gasteiger partial charge on any atom is -0.309 e. The zero-order chi connectivity index (χ0) is 35.3. The van der Waals surface area contributed by atoms with E-state index >= 15 is 0 Å². The molecule has 1 aromatic heterocycles. The fraction of sp³-hybridized carbons (Fsp3) is 0. The second-order valence-electron chi connectivity index (χ2n) is 13.7. The average molecular weight is 673 g/mol. The molecule has 10 rings (SSSR count). The second-order valence-corrected chi connectivity index (χ2v) is 13.7. The van der Waals surface area contributed by atoms with E-state index in [4.69, 9.17) is 0 Å². The lowest BCUT2D eigenvalue weighted by Gasteiger charge is -2.10. The van der Waals surface area contributed by atoms with Crippen LogP contribution in [-0.4, -0.2) is 4.57 Å². The number of benzene rings is 9. The maximum atomic E-state index is 9.18. The molecule has 2 nitrogen and oxygen atoms in total. The highest BCUT2D eigenvalue weighted by Gasteiger charge is 2.14. The van der Waals surface area contributed by atoms with Gasteiger partial charge in [0.1, 0.15) is 0 Å². The van der Waals surface area contributed by atoms with Crippen molar-refractivity contribution < 1.29 is 0 Å². The Balaban J connectivity index is 0.946. The van der Waals surface area contributed by atoms with Crippen LogP contribution in [0.3, 0.4) is 0 Å². The topological polar surface area (TPSA) is 28.7 Å². The maximum Gasteiger partial charge on any atom is 0.0991 e. The van der Waals surface area contributed by atoms with Gasteiger partial charge in [-0.15, -0.1) is 0 Å². The van der Waals surface area contributed by atoms with Gasteiger partial charge in [-0.1, -0.05) is 133 Å². The van der Waals surface area contributed by atoms with Gasteiger partial charge in [0.25, 0.3) is 0 Å². The molecule has 0 saturated heterocycles. The number of nitrogens with zero attached hydrogens (tertiary/aromatic N) is 2. The summed E-state index contributed by atoms with van der Waals surface area (Å²) in [5.41, 5.74) is 13.7. The minimum atomic E-state index is 0.669. The van der Waals surface area contributed by atoms with Gasteiger partial charge in [0, 0.05) is 16.5 Å². The molecule has 2 heteroatoms. The molecule has 0 aliphatic heterocycles. The first-order valence-corrected chi connectivity index (χ1v) is 18.0. The lowest BCUT2D eigenvalue weighted by Crippen LogP contribution is -1.93. The van der Waals surface area contributed by atoms with Crippen LogP contribution in [0.15, 0.2) is 194 Å². The fourth-order valence-corrected chi connectivity index (χ4v) is 7.80. The zero-order valence-corrected chi connectivity index (χ0v) is 28.9. The highest BCUT2D eigenvalue weighted by molar-refractivity contribution is 6.10. The van der Waals surface area contributed by atoms with Crippen molar-refractivity contribution in [3.8, 4) is 56.3 Å². The van der Waals surface area contributed by atoms with Gasteiger partial charge in [0.05, 0.1) is 22.7 Å². The summed E-state index contributed by atoms with van der Waals surface area (Å²) in [5.74, 6) is 0. The third-order valence-corrected chi connectivity index (χ3v) is 10.6. The van der Waals surface area contributed by atoms with Gasteiger partial charge in [0.15, 0.2) is 0 Å². The monoisotopic (exact) mass is 672 g/mol. The van der Waals surface area contributed by atoms with Gasteiger partial charge >= 0.3 is 0 Å². The first-order chi connectivity index (χ1) is 26.2. The standard InChI is InChI=1S/C51H32N2/c52-33-34-9-11-36(12-10-34)37-23-26-47(27-24-37)53-50-8-4-3-7-48(50)49-32-46(25-28-51(49)53)39-15-13-38(14-16-39)41-19-20-44-31-45(22-21-43(44)30-41)42-18-17-35-5-1-2-6-40(35)29-42/h1-32H. The van der Waals surface area contributed by atoms with E-state index in [2.05, 4.69) is 180 Å². The summed E-state index contributed by atoms with van der Waals surface area (Å²) in [6.45, 7) is 0. The molecule has 0 atom stereocenters. The summed E-state index contributed by atoms with van der Waals surface area (Å²) in [7, 11) is 0. The normalized spacial score (nSPS) is 11.4. The Kier molecular flexibility index (Phi) is 7.23. The molecule has 0 unspecified atom stereocenters. The summed E-state index contributed by atoms with van der Waals surface area (Å²) < 4.78 is 2.35. The van der Waals surface area contributed by atoms with Crippen LogP contribution in [0.25, 0.3) is 93.5 Å². The van der Waals surface area contributed by atoms with Crippen LogP contribution in [0.1, 0.15) is 5.56 Å². The van der Waals surface area contributed by atoms with Gasteiger partial charge in [-0.2, -0.15) is 5.26 Å². The SMILES string of the molecule is N#Cc1ccc(-c2ccc(-n3c4ccccc4c4cc(-c5ccc(-c6ccc7cc(-c8ccc9ccccc9c8)ccc7c6)cc5)ccc43)cc2)cc1. The quantitative estimate of drug-likeness (QED) is 0.179. The van der Waals surface area contributed by atoms with Crippen LogP contribution in [0.4, 0.5) is 0 Å². The number of aromatic nitrogens is 1. The summed E-state index contributed by atoms with van der Waals surface area (Å²) in [4.78, 5) is 0. The van der Waals surface area contributed by atoms with E-state index in [-0.39, 0.29) is 0 Å². The van der Waals surface area contributed by atoms with Crippen molar-refractivity contribution in [2.45, 2.75) is 0 Å². The number of hydrogen-bond donors (Lipinski definition) is 0. The summed E-state index contributed by atoms with van der Waals surface area (Å²) in [5, 5.41) is 16.7. The lowest BCUT2D eigenvalue weighted by atomic mass is 9.95. The molecule has 53 heavy (non-hydrogen) atoms. The highest BCUT2D eigenvalue weighted by Crippen LogP contribution is 2.37. The molecular weight excluding hydrogens is 641 g/mol. The van der Waals surface area contributed by atoms with Crippen molar-refractivity contribution in [3.05, 3.63) is 200 Å². The van der Waals surface area contributed by atoms with Gasteiger partial charge in [-0.25, -0.2) is 0 Å². The first-order valence-electron chi connectivity index (χ1n) is 18.0. The Morgan fingerprint density at radius 3 is 1.38 bits per heavy atom. The van der Waals surface area contributed by atoms with Crippen molar-refractivity contribution in [2.75, 3.05) is 0 Å². The Hall–Kier alpha value is -7.21. The molecule has 0 aliphatic carbocycles. The number of hydrogen-bond acceptors (Lipinski definition) is 1. The Morgan fingerprint density at radius 1 is 0.321 bits per heavy atom. The van der Waals surface area contributed by atoms with Crippen LogP contribution < -0.4 is 0 Å². The third-order valence-electron chi connectivity index (χ3n) is 10.6. The molecule has 0 spiro atoms. The molecule has 1 heterocycles. The third kappa shape index (κ3) is 5.44. The van der Waals surface area contributed by atoms with Crippen LogP contribution >= 0.6 is 0 Å². The van der Waals surface area contributed by atoms with Gasteiger partial charge in [-0.3, -0.25) is 0 Å². The smallest absolute Gasteiger partial charge is 0.0991 e. The molecule has 0 radical (unpaired) electrons. The number of nitriles is 1. The molecule has 0 saturated carbocycles. The molecule has 246 valence electrons. The Labute approximate surface area is 308 Å². The van der Waals surface area contributed by atoms with Crippen molar-refractivity contribution in [1.29, 1.82) is 5.26 Å². The summed E-state index contributed by atoms with van der Waals surface area (Å²) >= 11 is 0. The first kappa shape index (κ1) is 30.6. The van der Waals surface area contributed by atoms with Crippen molar-refractivity contribution in [1.82, 2.24) is 4.57 Å². The van der Waals surface area contributed by atoms with Gasteiger partial charge in [0.2, 0.25) is 0 Å². The number of fused-ring (bicyclic) bond motifs is 5. The van der Waals surface area contributed by atoms with Crippen LogP contribution in [0, 0.1) is 11.3 Å². The van der Waals surface area contributed by atoms with Crippen LogP contribution in [-0.2, 0) is 0 Å². The summed E-state index contributed by atoms with van der Waals surface area (Å²) in [6.07, 6.45) is 0. The van der Waals surface area contributed by atoms with Crippen molar-refractivity contribution >= 4 is 43.4 Å². The molecule has 0 bridgehead atoms. The largest absolute Gasteiger partial charge is 0.309 e. The van der Waals surface area contributed by atoms with Crippen LogP contribution in [0.2, 0.25) is 0 Å². The fourth-order valence-electron chi connectivity index (χ4n) is 7.80. The van der Waals surface area contributed by atoms with E-state index in [1.165, 1.54) is 76.7 Å². The molecule has 0 aliphatic rings. The molecule has 0 amide bonds. The van der Waals surface area contributed by atoms with Gasteiger partial charge in [-0.05, 0) is 127 Å². The predicted octanol–water partition coefficient (Wildman–Crippen LogP) is 13.6. The van der Waals surface area contributed by atoms with Crippen LogP contribution in [0.5, 0.6) is 0 Å². The molecule has 0 fully saturated rings. The zero-order valence-electron chi connectivity index (χ0n) is 28.9. The molecule has 0 N–H and O–H groups in total. The van der Waals surface area contributed by atoms with E-state index in [1.54, 1.807) is 0 Å².